The number of aromatic amines is 1. The number of morpholine rings is 1. The molecule has 1 aromatic carbocycles. The number of anilines is 1. The number of pyridine rings is 1. The lowest BCUT2D eigenvalue weighted by Gasteiger charge is -2.39. The fourth-order valence-electron chi connectivity index (χ4n) is 6.26. The second-order valence-electron chi connectivity index (χ2n) is 11.5. The molecule has 41 heavy (non-hydrogen) atoms. The molecule has 226 valence electrons. The molecule has 1 amide bonds. The minimum atomic E-state index is -0.197. The summed E-state index contributed by atoms with van der Waals surface area (Å²) < 4.78 is 11.7. The number of H-pyrrole nitrogens is 1. The van der Waals surface area contributed by atoms with Crippen molar-refractivity contribution in [3.63, 3.8) is 0 Å². The zero-order valence-electron chi connectivity index (χ0n) is 25.6. The number of rotatable bonds is 12. The monoisotopic (exact) mass is 567 g/mol. The van der Waals surface area contributed by atoms with Crippen molar-refractivity contribution in [3.8, 4) is 5.75 Å². The first-order valence-corrected chi connectivity index (χ1v) is 15.3. The molecular formula is C32H49N5O4. The van der Waals surface area contributed by atoms with Crippen molar-refractivity contribution in [1.29, 1.82) is 0 Å². The van der Waals surface area contributed by atoms with Crippen molar-refractivity contribution < 1.29 is 14.3 Å². The van der Waals surface area contributed by atoms with Crippen molar-refractivity contribution in [2.45, 2.75) is 78.4 Å². The smallest absolute Gasteiger partial charge is 0.253 e. The molecule has 1 aliphatic heterocycles. The van der Waals surface area contributed by atoms with Gasteiger partial charge >= 0.3 is 0 Å². The molecule has 4 rings (SSSR count). The van der Waals surface area contributed by atoms with Crippen molar-refractivity contribution in [1.82, 2.24) is 20.5 Å². The van der Waals surface area contributed by atoms with E-state index >= 15 is 0 Å². The van der Waals surface area contributed by atoms with Crippen LogP contribution in [0, 0.1) is 20.8 Å². The molecule has 1 saturated heterocycles. The van der Waals surface area contributed by atoms with Crippen molar-refractivity contribution in [2.75, 3.05) is 57.9 Å². The van der Waals surface area contributed by atoms with Gasteiger partial charge in [-0.05, 0) is 90.1 Å². The summed E-state index contributed by atoms with van der Waals surface area (Å²) in [7, 11) is 2.05. The van der Waals surface area contributed by atoms with Gasteiger partial charge in [0.05, 0.1) is 19.8 Å². The van der Waals surface area contributed by atoms with Crippen LogP contribution in [0.2, 0.25) is 0 Å². The van der Waals surface area contributed by atoms with Gasteiger partial charge in [0.2, 0.25) is 0 Å². The highest BCUT2D eigenvalue weighted by Crippen LogP contribution is 2.34. The van der Waals surface area contributed by atoms with E-state index < -0.39 is 0 Å². The number of nitrogens with one attached hydrogen (secondary N) is 3. The summed E-state index contributed by atoms with van der Waals surface area (Å²) in [5.41, 5.74) is 4.69. The first kappa shape index (κ1) is 31.1. The average Bonchev–Trinajstić information content (AvgIpc) is 2.97. The Balaban J connectivity index is 1.54. The number of nitrogens with zero attached hydrogens (tertiary/aromatic N) is 2. The number of ether oxygens (including phenoxy) is 2. The molecule has 0 unspecified atom stereocenters. The lowest BCUT2D eigenvalue weighted by Crippen LogP contribution is -2.42. The standard InChI is InChI=1S/C32H49N5O4/c1-6-37(26-10-8-25(33-5)9-11-26)30-20-27(41-15-7-12-36-13-16-40-17-14-36)19-28(24(30)4)31(38)34-21-29-22(2)18-23(3)35-32(29)39/h18-20,25-26,33H,6-17,21H2,1-5H3,(H,34,38)(H,35,39)/t25-,26-. The minimum Gasteiger partial charge on any atom is -0.493 e. The zero-order valence-corrected chi connectivity index (χ0v) is 25.6. The first-order valence-electron chi connectivity index (χ1n) is 15.3. The number of carbonyl (C=O) groups is 1. The van der Waals surface area contributed by atoms with Crippen molar-refractivity contribution in [2.24, 2.45) is 0 Å². The van der Waals surface area contributed by atoms with Crippen molar-refractivity contribution >= 4 is 11.6 Å². The lowest BCUT2D eigenvalue weighted by atomic mass is 9.89. The van der Waals surface area contributed by atoms with Gasteiger partial charge in [0.25, 0.3) is 11.5 Å². The van der Waals surface area contributed by atoms with E-state index in [0.717, 1.165) is 94.0 Å². The second kappa shape index (κ2) is 14.8. The van der Waals surface area contributed by atoms with Gasteiger partial charge in [0.1, 0.15) is 5.75 Å². The van der Waals surface area contributed by atoms with Gasteiger partial charge < -0.3 is 30.0 Å². The van der Waals surface area contributed by atoms with Crippen LogP contribution in [0.5, 0.6) is 5.75 Å². The van der Waals surface area contributed by atoms with E-state index in [0.29, 0.717) is 35.6 Å². The molecule has 9 nitrogen and oxygen atoms in total. The van der Waals surface area contributed by atoms with Gasteiger partial charge in [-0.25, -0.2) is 0 Å². The van der Waals surface area contributed by atoms with Gasteiger partial charge in [-0.15, -0.1) is 0 Å². The molecule has 1 aliphatic carbocycles. The highest BCUT2D eigenvalue weighted by atomic mass is 16.5. The quantitative estimate of drug-likeness (QED) is 0.337. The van der Waals surface area contributed by atoms with Gasteiger partial charge in [-0.3, -0.25) is 14.5 Å². The third-order valence-electron chi connectivity index (χ3n) is 8.70. The molecular weight excluding hydrogens is 518 g/mol. The Bertz CT molecular complexity index is 1220. The minimum absolute atomic E-state index is 0.160. The van der Waals surface area contributed by atoms with E-state index in [1.165, 1.54) is 0 Å². The number of benzene rings is 1. The molecule has 0 spiro atoms. The van der Waals surface area contributed by atoms with Crippen LogP contribution in [-0.2, 0) is 11.3 Å². The Morgan fingerprint density at radius 3 is 2.51 bits per heavy atom. The second-order valence-corrected chi connectivity index (χ2v) is 11.5. The summed E-state index contributed by atoms with van der Waals surface area (Å²) in [6, 6.07) is 6.90. The van der Waals surface area contributed by atoms with Gasteiger partial charge in [-0.1, -0.05) is 0 Å². The maximum atomic E-state index is 13.6. The number of hydrogen-bond acceptors (Lipinski definition) is 7. The summed E-state index contributed by atoms with van der Waals surface area (Å²) in [5.74, 6) is 0.515. The normalized spacial score (nSPS) is 19.6. The van der Waals surface area contributed by atoms with Crippen LogP contribution in [0.4, 0.5) is 5.69 Å². The SMILES string of the molecule is CCN(c1cc(OCCCN2CCOCC2)cc(C(=O)NCc2c(C)cc(C)[nH]c2=O)c1C)[C@H]1CC[C@H](NC)CC1. The van der Waals surface area contributed by atoms with Crippen LogP contribution in [0.15, 0.2) is 23.0 Å². The van der Waals surface area contributed by atoms with Gasteiger partial charge in [0, 0.05) is 73.4 Å². The summed E-state index contributed by atoms with van der Waals surface area (Å²) in [4.78, 5) is 33.9. The van der Waals surface area contributed by atoms with Crippen LogP contribution in [0.3, 0.4) is 0 Å². The molecule has 9 heteroatoms. The van der Waals surface area contributed by atoms with Gasteiger partial charge in [0.15, 0.2) is 0 Å². The zero-order chi connectivity index (χ0) is 29.4. The van der Waals surface area contributed by atoms with E-state index in [9.17, 15) is 9.59 Å². The Kier molecular flexibility index (Phi) is 11.2. The molecule has 0 radical (unpaired) electrons. The van der Waals surface area contributed by atoms with Crippen LogP contribution in [0.1, 0.15) is 71.8 Å². The summed E-state index contributed by atoms with van der Waals surface area (Å²) in [5, 5.41) is 6.44. The predicted molar refractivity (Wildman–Crippen MR) is 164 cm³/mol. The Labute approximate surface area is 245 Å². The van der Waals surface area contributed by atoms with Crippen LogP contribution in [-0.4, -0.2) is 80.9 Å². The summed E-state index contributed by atoms with van der Waals surface area (Å²) >= 11 is 0. The molecule has 2 aliphatic rings. The number of aryl methyl sites for hydroxylation is 2. The van der Waals surface area contributed by atoms with Crippen LogP contribution in [0.25, 0.3) is 0 Å². The maximum absolute atomic E-state index is 13.6. The highest BCUT2D eigenvalue weighted by molar-refractivity contribution is 5.97. The largest absolute Gasteiger partial charge is 0.493 e. The van der Waals surface area contributed by atoms with Crippen molar-refractivity contribution in [3.05, 3.63) is 56.5 Å². The lowest BCUT2D eigenvalue weighted by molar-refractivity contribution is 0.0358. The topological polar surface area (TPSA) is 98.9 Å². The molecule has 2 aromatic rings. The molecule has 1 saturated carbocycles. The number of amides is 1. The predicted octanol–water partition coefficient (Wildman–Crippen LogP) is 3.69. The highest BCUT2D eigenvalue weighted by Gasteiger charge is 2.27. The Morgan fingerprint density at radius 1 is 1.12 bits per heavy atom. The van der Waals surface area contributed by atoms with Crippen LogP contribution < -0.4 is 25.8 Å². The molecule has 0 bridgehead atoms. The van der Waals surface area contributed by atoms with E-state index in [1.54, 1.807) is 0 Å². The first-order chi connectivity index (χ1) is 19.8. The Morgan fingerprint density at radius 2 is 1.85 bits per heavy atom. The van der Waals surface area contributed by atoms with Crippen LogP contribution >= 0.6 is 0 Å². The summed E-state index contributed by atoms with van der Waals surface area (Å²) in [6.07, 6.45) is 5.42. The Hall–Kier alpha value is -2.88. The number of aromatic nitrogens is 1. The number of hydrogen-bond donors (Lipinski definition) is 3. The number of carbonyl (C=O) groups excluding carboxylic acids is 1. The molecule has 3 N–H and O–H groups in total. The molecule has 1 aromatic heterocycles. The fraction of sp³-hybridized carbons (Fsp3) is 0.625. The average molecular weight is 568 g/mol. The third kappa shape index (κ3) is 8.11. The van der Waals surface area contributed by atoms with E-state index in [-0.39, 0.29) is 18.0 Å². The van der Waals surface area contributed by atoms with E-state index in [4.69, 9.17) is 9.47 Å². The van der Waals surface area contributed by atoms with E-state index in [2.05, 4.69) is 38.4 Å². The van der Waals surface area contributed by atoms with Gasteiger partial charge in [-0.2, -0.15) is 0 Å². The molecule has 2 heterocycles. The van der Waals surface area contributed by atoms with E-state index in [1.807, 2.05) is 40.0 Å². The maximum Gasteiger partial charge on any atom is 0.253 e. The molecule has 0 atom stereocenters. The summed E-state index contributed by atoms with van der Waals surface area (Å²) in [6.45, 7) is 14.1. The third-order valence-corrected chi connectivity index (χ3v) is 8.70. The fourth-order valence-corrected chi connectivity index (χ4v) is 6.26. The molecule has 2 fully saturated rings.